The first-order valence-corrected chi connectivity index (χ1v) is 5.52. The van der Waals surface area contributed by atoms with Crippen LogP contribution in [0.2, 0.25) is 0 Å². The molecule has 1 aromatic carbocycles. The summed E-state index contributed by atoms with van der Waals surface area (Å²) < 4.78 is 15.7. The maximum absolute atomic E-state index is 11.6. The van der Waals surface area contributed by atoms with Crippen LogP contribution in [0.1, 0.15) is 26.3 Å². The zero-order chi connectivity index (χ0) is 12.5. The normalized spacial score (nSPS) is 13.6. The maximum atomic E-state index is 11.6. The third-order valence-corrected chi connectivity index (χ3v) is 2.42. The van der Waals surface area contributed by atoms with Gasteiger partial charge in [0.05, 0.1) is 5.41 Å². The minimum atomic E-state index is -0.476. The lowest BCUT2D eigenvalue weighted by Crippen LogP contribution is -2.22. The molecule has 92 valence electrons. The van der Waals surface area contributed by atoms with Crippen molar-refractivity contribution in [2.75, 3.05) is 6.79 Å². The molecule has 0 atom stereocenters. The van der Waals surface area contributed by atoms with E-state index in [2.05, 4.69) is 0 Å². The molecule has 1 aromatic rings. The molecule has 0 saturated carbocycles. The van der Waals surface area contributed by atoms with Gasteiger partial charge < -0.3 is 14.2 Å². The number of carbonyl (C=O) groups is 1. The van der Waals surface area contributed by atoms with Crippen molar-refractivity contribution in [1.29, 1.82) is 0 Å². The summed E-state index contributed by atoms with van der Waals surface area (Å²) in [4.78, 5) is 11.6. The van der Waals surface area contributed by atoms with Crippen LogP contribution in [0.5, 0.6) is 11.5 Å². The van der Waals surface area contributed by atoms with E-state index in [1.807, 2.05) is 39.0 Å². The fraction of sp³-hybridized carbons (Fsp3) is 0.462. The van der Waals surface area contributed by atoms with Crippen LogP contribution < -0.4 is 9.47 Å². The van der Waals surface area contributed by atoms with Crippen molar-refractivity contribution in [3.8, 4) is 11.5 Å². The number of hydrogen-bond donors (Lipinski definition) is 0. The zero-order valence-corrected chi connectivity index (χ0v) is 10.3. The van der Waals surface area contributed by atoms with Gasteiger partial charge in [-0.25, -0.2) is 0 Å². The topological polar surface area (TPSA) is 44.8 Å². The molecule has 4 nitrogen and oxygen atoms in total. The summed E-state index contributed by atoms with van der Waals surface area (Å²) in [5, 5.41) is 0. The summed E-state index contributed by atoms with van der Waals surface area (Å²) in [5.74, 6) is 1.22. The molecular formula is C13H16O4. The van der Waals surface area contributed by atoms with E-state index in [-0.39, 0.29) is 19.4 Å². The summed E-state index contributed by atoms with van der Waals surface area (Å²) in [6, 6.07) is 5.52. The first kappa shape index (κ1) is 11.8. The highest BCUT2D eigenvalue weighted by atomic mass is 16.7. The Hall–Kier alpha value is -1.71. The second-order valence-electron chi connectivity index (χ2n) is 5.01. The lowest BCUT2D eigenvalue weighted by Gasteiger charge is -2.16. The quantitative estimate of drug-likeness (QED) is 0.740. The number of ether oxygens (including phenoxy) is 3. The summed E-state index contributed by atoms with van der Waals surface area (Å²) in [7, 11) is 0. The second-order valence-corrected chi connectivity index (χ2v) is 5.01. The van der Waals surface area contributed by atoms with E-state index in [4.69, 9.17) is 14.2 Å². The summed E-state index contributed by atoms with van der Waals surface area (Å²) in [5.41, 5.74) is 0.419. The Balaban J connectivity index is 1.98. The van der Waals surface area contributed by atoms with Crippen LogP contribution in [0, 0.1) is 5.41 Å². The van der Waals surface area contributed by atoms with Gasteiger partial charge in [0.25, 0.3) is 0 Å². The van der Waals surface area contributed by atoms with Gasteiger partial charge >= 0.3 is 5.97 Å². The predicted molar refractivity (Wildman–Crippen MR) is 61.8 cm³/mol. The van der Waals surface area contributed by atoms with Gasteiger partial charge in [0.1, 0.15) is 6.61 Å². The number of carbonyl (C=O) groups excluding carboxylic acids is 1. The summed E-state index contributed by atoms with van der Waals surface area (Å²) >= 11 is 0. The SMILES string of the molecule is CC(C)(C)C(=O)OCc1ccc2c(c1)OCO2. The number of esters is 1. The molecule has 0 aliphatic carbocycles. The molecule has 4 heteroatoms. The van der Waals surface area contributed by atoms with E-state index in [9.17, 15) is 4.79 Å². The highest BCUT2D eigenvalue weighted by molar-refractivity contribution is 5.75. The molecule has 0 radical (unpaired) electrons. The second kappa shape index (κ2) is 4.28. The number of benzene rings is 1. The van der Waals surface area contributed by atoms with Gasteiger partial charge in [-0.2, -0.15) is 0 Å². The fourth-order valence-electron chi connectivity index (χ4n) is 1.40. The molecule has 0 N–H and O–H groups in total. The Bertz CT molecular complexity index is 432. The van der Waals surface area contributed by atoms with Gasteiger partial charge in [0.15, 0.2) is 11.5 Å². The molecule has 0 aromatic heterocycles. The lowest BCUT2D eigenvalue weighted by atomic mass is 9.97. The molecule has 0 bridgehead atoms. The Labute approximate surface area is 100 Å². The maximum Gasteiger partial charge on any atom is 0.311 e. The predicted octanol–water partition coefficient (Wildman–Crippen LogP) is 2.50. The van der Waals surface area contributed by atoms with Gasteiger partial charge in [-0.15, -0.1) is 0 Å². The van der Waals surface area contributed by atoms with Crippen molar-refractivity contribution in [3.63, 3.8) is 0 Å². The highest BCUT2D eigenvalue weighted by Crippen LogP contribution is 2.32. The molecule has 17 heavy (non-hydrogen) atoms. The Morgan fingerprint density at radius 1 is 1.29 bits per heavy atom. The Morgan fingerprint density at radius 3 is 2.71 bits per heavy atom. The monoisotopic (exact) mass is 236 g/mol. The highest BCUT2D eigenvalue weighted by Gasteiger charge is 2.23. The van der Waals surface area contributed by atoms with Crippen LogP contribution in [0.4, 0.5) is 0 Å². The molecule has 1 aliphatic heterocycles. The zero-order valence-electron chi connectivity index (χ0n) is 10.3. The van der Waals surface area contributed by atoms with E-state index in [0.29, 0.717) is 5.75 Å². The molecule has 0 fully saturated rings. The van der Waals surface area contributed by atoms with E-state index >= 15 is 0 Å². The van der Waals surface area contributed by atoms with Crippen LogP contribution in [0.3, 0.4) is 0 Å². The Kier molecular flexibility index (Phi) is 2.96. The van der Waals surface area contributed by atoms with Crippen molar-refractivity contribution in [2.24, 2.45) is 5.41 Å². The minimum Gasteiger partial charge on any atom is -0.460 e. The van der Waals surface area contributed by atoms with E-state index in [1.54, 1.807) is 0 Å². The van der Waals surface area contributed by atoms with E-state index in [1.165, 1.54) is 0 Å². The molecule has 2 rings (SSSR count). The van der Waals surface area contributed by atoms with Crippen molar-refractivity contribution < 1.29 is 19.0 Å². The standard InChI is InChI=1S/C13H16O4/c1-13(2,3)12(14)15-7-9-4-5-10-11(6-9)17-8-16-10/h4-6H,7-8H2,1-3H3. The van der Waals surface area contributed by atoms with E-state index in [0.717, 1.165) is 11.3 Å². The molecular weight excluding hydrogens is 220 g/mol. The van der Waals surface area contributed by atoms with Crippen LogP contribution in [0.15, 0.2) is 18.2 Å². The molecule has 1 aliphatic rings. The molecule has 0 amide bonds. The summed E-state index contributed by atoms with van der Waals surface area (Å²) in [6.45, 7) is 5.99. The van der Waals surface area contributed by atoms with Crippen molar-refractivity contribution in [3.05, 3.63) is 23.8 Å². The third-order valence-electron chi connectivity index (χ3n) is 2.42. The lowest BCUT2D eigenvalue weighted by molar-refractivity contribution is -0.154. The smallest absolute Gasteiger partial charge is 0.311 e. The first-order chi connectivity index (χ1) is 7.97. The molecule has 1 heterocycles. The van der Waals surface area contributed by atoms with Gasteiger partial charge in [-0.1, -0.05) is 6.07 Å². The van der Waals surface area contributed by atoms with Crippen molar-refractivity contribution in [2.45, 2.75) is 27.4 Å². The average Bonchev–Trinajstić information content (AvgIpc) is 2.71. The van der Waals surface area contributed by atoms with E-state index < -0.39 is 5.41 Å². The number of fused-ring (bicyclic) bond motifs is 1. The summed E-state index contributed by atoms with van der Waals surface area (Å²) in [6.07, 6.45) is 0. The van der Waals surface area contributed by atoms with Gasteiger partial charge in [-0.3, -0.25) is 4.79 Å². The van der Waals surface area contributed by atoms with Crippen LogP contribution in [-0.2, 0) is 16.1 Å². The van der Waals surface area contributed by atoms with Gasteiger partial charge in [0.2, 0.25) is 6.79 Å². The minimum absolute atomic E-state index is 0.213. The largest absolute Gasteiger partial charge is 0.460 e. The fourth-order valence-corrected chi connectivity index (χ4v) is 1.40. The van der Waals surface area contributed by atoms with Crippen molar-refractivity contribution in [1.82, 2.24) is 0 Å². The molecule has 0 unspecified atom stereocenters. The number of hydrogen-bond acceptors (Lipinski definition) is 4. The van der Waals surface area contributed by atoms with Gasteiger partial charge in [-0.05, 0) is 38.5 Å². The number of rotatable bonds is 2. The van der Waals surface area contributed by atoms with Gasteiger partial charge in [0, 0.05) is 0 Å². The van der Waals surface area contributed by atoms with Crippen LogP contribution >= 0.6 is 0 Å². The van der Waals surface area contributed by atoms with Crippen LogP contribution in [0.25, 0.3) is 0 Å². The molecule has 0 saturated heterocycles. The Morgan fingerprint density at radius 2 is 2.00 bits per heavy atom. The molecule has 0 spiro atoms. The average molecular weight is 236 g/mol. The first-order valence-electron chi connectivity index (χ1n) is 5.52. The van der Waals surface area contributed by atoms with Crippen molar-refractivity contribution >= 4 is 5.97 Å². The third kappa shape index (κ3) is 2.70. The van der Waals surface area contributed by atoms with Crippen LogP contribution in [-0.4, -0.2) is 12.8 Å².